The molecule has 1 aromatic carbocycles. The van der Waals surface area contributed by atoms with Crippen LogP contribution in [0.2, 0.25) is 0 Å². The number of aromatic nitrogens is 4. The number of benzene rings is 1. The number of fused-ring (bicyclic) bond motifs is 2. The number of hydrogen-bond donors (Lipinski definition) is 3. The molecule has 0 saturated carbocycles. The van der Waals surface area contributed by atoms with Gasteiger partial charge in [-0.15, -0.1) is 10.2 Å². The van der Waals surface area contributed by atoms with Gasteiger partial charge >= 0.3 is 12.1 Å². The average molecular weight is 436 g/mol. The topological polar surface area (TPSA) is 118 Å². The third-order valence-electron chi connectivity index (χ3n) is 4.94. The van der Waals surface area contributed by atoms with Crippen molar-refractivity contribution >= 4 is 17.4 Å². The van der Waals surface area contributed by atoms with E-state index in [1.54, 1.807) is 6.20 Å². The van der Waals surface area contributed by atoms with Crippen LogP contribution >= 0.6 is 0 Å². The van der Waals surface area contributed by atoms with E-state index in [0.717, 1.165) is 30.1 Å². The molecule has 8 nitrogen and oxygen atoms in total. The Morgan fingerprint density at radius 1 is 1.35 bits per heavy atom. The molecule has 1 atom stereocenters. The number of rotatable bonds is 4. The van der Waals surface area contributed by atoms with Gasteiger partial charge in [0.15, 0.2) is 5.82 Å². The first-order valence-corrected chi connectivity index (χ1v) is 9.69. The number of anilines is 1. The van der Waals surface area contributed by atoms with Gasteiger partial charge in [-0.2, -0.15) is 13.2 Å². The monoisotopic (exact) mass is 436 g/mol. The molecule has 0 aliphatic heterocycles. The molecule has 2 heterocycles. The zero-order valence-corrected chi connectivity index (χ0v) is 17.0. The van der Waals surface area contributed by atoms with Crippen molar-refractivity contribution < 1.29 is 23.1 Å². The second kappa shape index (κ2) is 8.88. The van der Waals surface area contributed by atoms with Crippen molar-refractivity contribution in [3.8, 4) is 0 Å². The zero-order valence-electron chi connectivity index (χ0n) is 17.0. The minimum absolute atomic E-state index is 0.254. The van der Waals surface area contributed by atoms with Crippen LogP contribution in [0, 0.1) is 0 Å². The highest BCUT2D eigenvalue weighted by Crippen LogP contribution is 2.34. The van der Waals surface area contributed by atoms with Gasteiger partial charge in [0.25, 0.3) is 0 Å². The van der Waals surface area contributed by atoms with Crippen LogP contribution in [0.3, 0.4) is 0 Å². The smallest absolute Gasteiger partial charge is 0.475 e. The number of nitrogens with two attached hydrogens (primary N) is 1. The molecule has 0 bridgehead atoms. The number of aryl methyl sites for hydroxylation is 1. The standard InChI is InChI=1S/C18H22N6.C2HF3O2/c1-11(2)17-22-23-18-16(20-7-8-24(17)18)21-15-6-4-13-9-12(10-19)3-5-14(13)15;3-2(4,5)1(6)7/h3,5,7-9,11,15H,4,6,10,19H2,1-2H3,(H,20,21);(H,6,7). The Bertz CT molecular complexity index is 1080. The normalized spacial score (nSPS) is 15.5. The molecular weight excluding hydrogens is 413 g/mol. The van der Waals surface area contributed by atoms with Crippen LogP contribution in [0.4, 0.5) is 19.0 Å². The molecule has 4 rings (SSSR count). The highest BCUT2D eigenvalue weighted by molar-refractivity contribution is 5.73. The Balaban J connectivity index is 0.000000339. The SMILES string of the molecule is CC(C)c1nnc2c(NC3CCc4cc(CN)ccc43)nccn12.O=C(O)C(F)(F)F. The fourth-order valence-electron chi connectivity index (χ4n) is 3.45. The van der Waals surface area contributed by atoms with Crippen molar-refractivity contribution in [2.45, 2.75) is 51.4 Å². The molecule has 0 radical (unpaired) electrons. The van der Waals surface area contributed by atoms with Crippen molar-refractivity contribution in [1.82, 2.24) is 19.6 Å². The number of alkyl halides is 3. The van der Waals surface area contributed by atoms with E-state index < -0.39 is 12.1 Å². The van der Waals surface area contributed by atoms with Gasteiger partial charge in [0, 0.05) is 24.9 Å². The molecule has 166 valence electrons. The number of nitrogens with zero attached hydrogens (tertiary/aromatic N) is 4. The Hall–Kier alpha value is -3.21. The van der Waals surface area contributed by atoms with E-state index in [9.17, 15) is 13.2 Å². The van der Waals surface area contributed by atoms with Crippen LogP contribution in [-0.2, 0) is 17.8 Å². The molecule has 11 heteroatoms. The molecule has 31 heavy (non-hydrogen) atoms. The lowest BCUT2D eigenvalue weighted by molar-refractivity contribution is -0.192. The van der Waals surface area contributed by atoms with Crippen LogP contribution in [0.25, 0.3) is 5.65 Å². The molecule has 3 aromatic rings. The molecule has 4 N–H and O–H groups in total. The maximum atomic E-state index is 10.6. The number of carboxylic acids is 1. The minimum Gasteiger partial charge on any atom is -0.475 e. The van der Waals surface area contributed by atoms with Crippen LogP contribution in [0.1, 0.15) is 54.7 Å². The fourth-order valence-corrected chi connectivity index (χ4v) is 3.45. The lowest BCUT2D eigenvalue weighted by atomic mass is 10.0. The Kier molecular flexibility index (Phi) is 6.44. The number of halogens is 3. The van der Waals surface area contributed by atoms with Gasteiger partial charge in [-0.1, -0.05) is 32.0 Å². The van der Waals surface area contributed by atoms with Crippen molar-refractivity contribution in [3.63, 3.8) is 0 Å². The summed E-state index contributed by atoms with van der Waals surface area (Å²) in [7, 11) is 0. The third-order valence-corrected chi connectivity index (χ3v) is 4.94. The summed E-state index contributed by atoms with van der Waals surface area (Å²) in [5.74, 6) is -0.697. The summed E-state index contributed by atoms with van der Waals surface area (Å²) >= 11 is 0. The summed E-state index contributed by atoms with van der Waals surface area (Å²) in [6.45, 7) is 4.82. The van der Waals surface area contributed by atoms with Crippen LogP contribution < -0.4 is 11.1 Å². The fraction of sp³-hybridized carbons (Fsp3) is 0.400. The number of hydrogen-bond acceptors (Lipinski definition) is 6. The van der Waals surface area contributed by atoms with E-state index >= 15 is 0 Å². The molecular formula is C20H23F3N6O2. The summed E-state index contributed by atoms with van der Waals surface area (Å²) in [5.41, 5.74) is 10.4. The summed E-state index contributed by atoms with van der Waals surface area (Å²) in [6, 6.07) is 6.77. The van der Waals surface area contributed by atoms with E-state index in [1.165, 1.54) is 16.7 Å². The minimum atomic E-state index is -5.08. The largest absolute Gasteiger partial charge is 0.490 e. The number of nitrogens with one attached hydrogen (secondary N) is 1. The second-order valence-electron chi connectivity index (χ2n) is 7.46. The molecule has 0 saturated heterocycles. The van der Waals surface area contributed by atoms with Crippen molar-refractivity contribution in [2.24, 2.45) is 5.73 Å². The predicted octanol–water partition coefficient (Wildman–Crippen LogP) is 3.44. The van der Waals surface area contributed by atoms with E-state index in [0.29, 0.717) is 12.5 Å². The maximum Gasteiger partial charge on any atom is 0.490 e. The highest BCUT2D eigenvalue weighted by atomic mass is 19.4. The van der Waals surface area contributed by atoms with Crippen molar-refractivity contribution in [1.29, 1.82) is 0 Å². The van der Waals surface area contributed by atoms with Gasteiger partial charge in [0.05, 0.1) is 6.04 Å². The highest BCUT2D eigenvalue weighted by Gasteiger charge is 2.38. The average Bonchev–Trinajstić information content (AvgIpc) is 3.32. The van der Waals surface area contributed by atoms with Gasteiger partial charge in [0.1, 0.15) is 5.82 Å². The van der Waals surface area contributed by atoms with E-state index in [1.807, 2.05) is 10.6 Å². The first-order chi connectivity index (χ1) is 14.6. The summed E-state index contributed by atoms with van der Waals surface area (Å²) < 4.78 is 33.8. The van der Waals surface area contributed by atoms with Crippen LogP contribution in [0.15, 0.2) is 30.6 Å². The van der Waals surface area contributed by atoms with Gasteiger partial charge in [-0.3, -0.25) is 4.40 Å². The Morgan fingerprint density at radius 2 is 2.06 bits per heavy atom. The first kappa shape index (κ1) is 22.5. The van der Waals surface area contributed by atoms with Gasteiger partial charge < -0.3 is 16.2 Å². The molecule has 1 aliphatic rings. The van der Waals surface area contributed by atoms with Gasteiger partial charge in [0.2, 0.25) is 5.65 Å². The van der Waals surface area contributed by atoms with Crippen LogP contribution in [0.5, 0.6) is 0 Å². The van der Waals surface area contributed by atoms with Crippen molar-refractivity contribution in [2.75, 3.05) is 5.32 Å². The maximum absolute atomic E-state index is 10.6. The van der Waals surface area contributed by atoms with E-state index in [2.05, 4.69) is 52.5 Å². The van der Waals surface area contributed by atoms with Crippen LogP contribution in [-0.4, -0.2) is 36.8 Å². The molecule has 0 fully saturated rings. The lowest BCUT2D eigenvalue weighted by Crippen LogP contribution is -2.21. The van der Waals surface area contributed by atoms with Gasteiger partial charge in [-0.05, 0) is 29.5 Å². The molecule has 0 spiro atoms. The van der Waals surface area contributed by atoms with Crippen molar-refractivity contribution in [3.05, 3.63) is 53.1 Å². The quantitative estimate of drug-likeness (QED) is 0.573. The third kappa shape index (κ3) is 4.93. The van der Waals surface area contributed by atoms with Gasteiger partial charge in [-0.25, -0.2) is 9.78 Å². The zero-order chi connectivity index (χ0) is 22.8. The lowest BCUT2D eigenvalue weighted by Gasteiger charge is -2.15. The predicted molar refractivity (Wildman–Crippen MR) is 108 cm³/mol. The molecule has 1 aliphatic carbocycles. The molecule has 1 unspecified atom stereocenters. The number of carboxylic acid groups (broad SMARTS) is 1. The second-order valence-corrected chi connectivity index (χ2v) is 7.46. The Labute approximate surface area is 176 Å². The summed E-state index contributed by atoms with van der Waals surface area (Å²) in [4.78, 5) is 13.4. The van der Waals surface area contributed by atoms with E-state index in [-0.39, 0.29) is 6.04 Å². The number of carbonyl (C=O) groups is 1. The molecule has 0 amide bonds. The first-order valence-electron chi connectivity index (χ1n) is 9.69. The van der Waals surface area contributed by atoms with E-state index in [4.69, 9.17) is 15.6 Å². The number of aliphatic carboxylic acids is 1. The summed E-state index contributed by atoms with van der Waals surface area (Å²) in [6.07, 6.45) is 0.759. The summed E-state index contributed by atoms with van der Waals surface area (Å²) in [5, 5.41) is 19.3. The molecule has 2 aromatic heterocycles. The Morgan fingerprint density at radius 3 is 2.68 bits per heavy atom.